The first-order valence-corrected chi connectivity index (χ1v) is 7.99. The topological polar surface area (TPSA) is 66.8 Å². The summed E-state index contributed by atoms with van der Waals surface area (Å²) < 4.78 is 1.87. The SMILES string of the molecule is Cc1cc([C@H]2CCCN(C(=O)CCCn3cccn3)C2)n[nH]1. The van der Waals surface area contributed by atoms with E-state index >= 15 is 0 Å². The normalized spacial score (nSPS) is 18.6. The van der Waals surface area contributed by atoms with E-state index in [2.05, 4.69) is 21.4 Å². The summed E-state index contributed by atoms with van der Waals surface area (Å²) in [6.45, 7) is 4.48. The summed E-state index contributed by atoms with van der Waals surface area (Å²) in [5, 5.41) is 11.5. The van der Waals surface area contributed by atoms with Gasteiger partial charge in [0.15, 0.2) is 0 Å². The highest BCUT2D eigenvalue weighted by molar-refractivity contribution is 5.76. The fourth-order valence-corrected chi connectivity index (χ4v) is 3.08. The van der Waals surface area contributed by atoms with Crippen molar-refractivity contribution in [1.29, 1.82) is 0 Å². The Morgan fingerprint density at radius 2 is 2.41 bits per heavy atom. The van der Waals surface area contributed by atoms with Crippen molar-refractivity contribution in [3.8, 4) is 0 Å². The molecule has 6 nitrogen and oxygen atoms in total. The Morgan fingerprint density at radius 3 is 3.14 bits per heavy atom. The summed E-state index contributed by atoms with van der Waals surface area (Å²) in [5.74, 6) is 0.623. The number of aromatic nitrogens is 4. The number of aryl methyl sites for hydroxylation is 2. The molecule has 6 heteroatoms. The zero-order valence-corrected chi connectivity index (χ0v) is 13.0. The van der Waals surface area contributed by atoms with Crippen molar-refractivity contribution < 1.29 is 4.79 Å². The summed E-state index contributed by atoms with van der Waals surface area (Å²) in [7, 11) is 0. The molecule has 2 aromatic rings. The van der Waals surface area contributed by atoms with Crippen LogP contribution in [0.15, 0.2) is 24.5 Å². The van der Waals surface area contributed by atoms with Crippen LogP contribution in [-0.4, -0.2) is 43.9 Å². The molecule has 1 aliphatic rings. The molecular formula is C16H23N5O. The lowest BCUT2D eigenvalue weighted by atomic mass is 9.94. The maximum absolute atomic E-state index is 12.4. The van der Waals surface area contributed by atoms with Gasteiger partial charge in [-0.15, -0.1) is 0 Å². The van der Waals surface area contributed by atoms with E-state index in [9.17, 15) is 4.79 Å². The quantitative estimate of drug-likeness (QED) is 0.919. The predicted molar refractivity (Wildman–Crippen MR) is 83.3 cm³/mol. The van der Waals surface area contributed by atoms with Crippen LogP contribution < -0.4 is 0 Å². The Labute approximate surface area is 130 Å². The lowest BCUT2D eigenvalue weighted by molar-refractivity contribution is -0.132. The van der Waals surface area contributed by atoms with Gasteiger partial charge in [0, 0.05) is 50.1 Å². The minimum Gasteiger partial charge on any atom is -0.342 e. The van der Waals surface area contributed by atoms with Gasteiger partial charge >= 0.3 is 0 Å². The number of piperidine rings is 1. The standard InChI is InChI=1S/C16H23N5O/c1-13-11-15(19-18-13)14-5-2-8-20(12-14)16(22)6-3-9-21-10-4-7-17-21/h4,7,10-11,14H,2-3,5-6,8-9,12H2,1H3,(H,18,19)/t14-/m0/s1. The maximum Gasteiger partial charge on any atom is 0.222 e. The van der Waals surface area contributed by atoms with Crippen LogP contribution in [0, 0.1) is 6.92 Å². The zero-order chi connectivity index (χ0) is 15.4. The molecule has 0 saturated carbocycles. The molecule has 1 N–H and O–H groups in total. The van der Waals surface area contributed by atoms with Gasteiger partial charge in [0.25, 0.3) is 0 Å². The van der Waals surface area contributed by atoms with Crippen LogP contribution in [0.5, 0.6) is 0 Å². The monoisotopic (exact) mass is 301 g/mol. The van der Waals surface area contributed by atoms with Crippen molar-refractivity contribution in [2.45, 2.75) is 45.1 Å². The molecule has 22 heavy (non-hydrogen) atoms. The van der Waals surface area contributed by atoms with Gasteiger partial charge in [0.1, 0.15) is 0 Å². The highest BCUT2D eigenvalue weighted by atomic mass is 16.2. The second-order valence-corrected chi connectivity index (χ2v) is 6.03. The highest BCUT2D eigenvalue weighted by Crippen LogP contribution is 2.26. The third-order valence-corrected chi connectivity index (χ3v) is 4.26. The van der Waals surface area contributed by atoms with Gasteiger partial charge in [-0.3, -0.25) is 14.6 Å². The molecule has 0 aliphatic carbocycles. The average molecular weight is 301 g/mol. The van der Waals surface area contributed by atoms with Gasteiger partial charge in [-0.1, -0.05) is 0 Å². The fraction of sp³-hybridized carbons (Fsp3) is 0.562. The zero-order valence-electron chi connectivity index (χ0n) is 13.0. The molecule has 3 heterocycles. The number of nitrogens with zero attached hydrogens (tertiary/aromatic N) is 4. The number of likely N-dealkylation sites (tertiary alicyclic amines) is 1. The second-order valence-electron chi connectivity index (χ2n) is 6.03. The molecule has 0 bridgehead atoms. The van der Waals surface area contributed by atoms with Crippen molar-refractivity contribution in [2.75, 3.05) is 13.1 Å². The van der Waals surface area contributed by atoms with E-state index in [1.165, 1.54) is 0 Å². The molecule has 0 aromatic carbocycles. The minimum absolute atomic E-state index is 0.254. The van der Waals surface area contributed by atoms with E-state index in [4.69, 9.17) is 0 Å². The first kappa shape index (κ1) is 14.8. The van der Waals surface area contributed by atoms with Gasteiger partial charge in [-0.05, 0) is 38.3 Å². The van der Waals surface area contributed by atoms with E-state index in [1.54, 1.807) is 6.20 Å². The van der Waals surface area contributed by atoms with Crippen molar-refractivity contribution in [1.82, 2.24) is 24.9 Å². The number of carbonyl (C=O) groups is 1. The molecule has 0 unspecified atom stereocenters. The predicted octanol–water partition coefficient (Wildman–Crippen LogP) is 2.10. The number of hydrogen-bond donors (Lipinski definition) is 1. The third-order valence-electron chi connectivity index (χ3n) is 4.26. The van der Waals surface area contributed by atoms with Crippen LogP contribution in [0.2, 0.25) is 0 Å². The molecule has 1 saturated heterocycles. The fourth-order valence-electron chi connectivity index (χ4n) is 3.08. The van der Waals surface area contributed by atoms with Crippen LogP contribution in [0.3, 0.4) is 0 Å². The van der Waals surface area contributed by atoms with Gasteiger partial charge in [-0.25, -0.2) is 0 Å². The third kappa shape index (κ3) is 3.55. The summed E-state index contributed by atoms with van der Waals surface area (Å²) in [6.07, 6.45) is 7.29. The number of carbonyl (C=O) groups excluding carboxylic acids is 1. The summed E-state index contributed by atoms with van der Waals surface area (Å²) in [5.41, 5.74) is 2.17. The van der Waals surface area contributed by atoms with E-state index < -0.39 is 0 Å². The van der Waals surface area contributed by atoms with E-state index in [-0.39, 0.29) is 5.91 Å². The maximum atomic E-state index is 12.4. The van der Waals surface area contributed by atoms with Crippen molar-refractivity contribution >= 4 is 5.91 Å². The molecular weight excluding hydrogens is 278 g/mol. The number of rotatable bonds is 5. The molecule has 1 fully saturated rings. The van der Waals surface area contributed by atoms with Gasteiger partial charge in [0.05, 0.1) is 5.69 Å². The molecule has 2 aromatic heterocycles. The van der Waals surface area contributed by atoms with Crippen LogP contribution >= 0.6 is 0 Å². The Hall–Kier alpha value is -2.11. The Balaban J connectivity index is 1.49. The van der Waals surface area contributed by atoms with Gasteiger partial charge < -0.3 is 4.90 Å². The number of hydrogen-bond acceptors (Lipinski definition) is 3. The highest BCUT2D eigenvalue weighted by Gasteiger charge is 2.25. The molecule has 1 aliphatic heterocycles. The van der Waals surface area contributed by atoms with E-state index in [0.717, 1.165) is 50.3 Å². The first-order valence-electron chi connectivity index (χ1n) is 7.99. The second kappa shape index (κ2) is 6.77. The van der Waals surface area contributed by atoms with Gasteiger partial charge in [0.2, 0.25) is 5.91 Å². The molecule has 1 atom stereocenters. The van der Waals surface area contributed by atoms with Crippen LogP contribution in [0.25, 0.3) is 0 Å². The van der Waals surface area contributed by atoms with Crippen molar-refractivity contribution in [2.24, 2.45) is 0 Å². The van der Waals surface area contributed by atoms with Crippen LogP contribution in [-0.2, 0) is 11.3 Å². The minimum atomic E-state index is 0.254. The van der Waals surface area contributed by atoms with E-state index in [1.807, 2.05) is 28.8 Å². The smallest absolute Gasteiger partial charge is 0.222 e. The number of aromatic amines is 1. The number of amides is 1. The van der Waals surface area contributed by atoms with Crippen molar-refractivity contribution in [3.05, 3.63) is 35.9 Å². The van der Waals surface area contributed by atoms with Crippen molar-refractivity contribution in [3.63, 3.8) is 0 Å². The summed E-state index contributed by atoms with van der Waals surface area (Å²) in [6, 6.07) is 4.00. The Bertz CT molecular complexity index is 604. The molecule has 3 rings (SSSR count). The molecule has 0 spiro atoms. The molecule has 1 amide bonds. The lowest BCUT2D eigenvalue weighted by Gasteiger charge is -2.32. The average Bonchev–Trinajstić information content (AvgIpc) is 3.19. The first-order chi connectivity index (χ1) is 10.7. The number of H-pyrrole nitrogens is 1. The Morgan fingerprint density at radius 1 is 1.50 bits per heavy atom. The summed E-state index contributed by atoms with van der Waals surface area (Å²) >= 11 is 0. The largest absolute Gasteiger partial charge is 0.342 e. The number of nitrogens with one attached hydrogen (secondary N) is 1. The summed E-state index contributed by atoms with van der Waals surface area (Å²) in [4.78, 5) is 14.4. The van der Waals surface area contributed by atoms with E-state index in [0.29, 0.717) is 12.3 Å². The van der Waals surface area contributed by atoms with Gasteiger partial charge in [-0.2, -0.15) is 10.2 Å². The molecule has 0 radical (unpaired) electrons. The lowest BCUT2D eigenvalue weighted by Crippen LogP contribution is -2.39. The van der Waals surface area contributed by atoms with Crippen LogP contribution in [0.4, 0.5) is 0 Å². The molecule has 118 valence electrons. The van der Waals surface area contributed by atoms with Crippen LogP contribution in [0.1, 0.15) is 43.0 Å². The Kier molecular flexibility index (Phi) is 4.56.